The van der Waals surface area contributed by atoms with Crippen LogP contribution in [0.1, 0.15) is 45.9 Å². The average molecular weight is 280 g/mol. The largest absolute Gasteiger partial charge is 0.468 e. The second-order valence-electron chi connectivity index (χ2n) is 6.95. The Balaban J connectivity index is 1.89. The van der Waals surface area contributed by atoms with E-state index in [2.05, 4.69) is 50.9 Å². The first-order chi connectivity index (χ1) is 9.33. The van der Waals surface area contributed by atoms with Gasteiger partial charge in [-0.3, -0.25) is 4.90 Å². The fourth-order valence-electron chi connectivity index (χ4n) is 2.36. The normalized spacial score (nSPS) is 25.1. The van der Waals surface area contributed by atoms with E-state index in [0.29, 0.717) is 12.1 Å². The van der Waals surface area contributed by atoms with Crippen LogP contribution >= 0.6 is 0 Å². The van der Waals surface area contributed by atoms with Crippen LogP contribution < -0.4 is 5.32 Å². The minimum absolute atomic E-state index is 0.131. The van der Waals surface area contributed by atoms with Gasteiger partial charge in [0.25, 0.3) is 0 Å². The lowest BCUT2D eigenvalue weighted by Crippen LogP contribution is -2.46. The number of morpholine rings is 1. The number of furan rings is 1. The Bertz CT molecular complexity index is 422. The molecule has 4 heteroatoms. The highest BCUT2D eigenvalue weighted by Gasteiger charge is 2.24. The number of ether oxygens (including phenoxy) is 1. The van der Waals surface area contributed by atoms with Gasteiger partial charge in [-0.25, -0.2) is 0 Å². The molecular weight excluding hydrogens is 252 g/mol. The van der Waals surface area contributed by atoms with E-state index in [9.17, 15) is 0 Å². The first-order valence-corrected chi connectivity index (χ1v) is 7.50. The molecule has 0 aromatic carbocycles. The maximum absolute atomic E-state index is 5.69. The summed E-state index contributed by atoms with van der Waals surface area (Å²) >= 11 is 0. The molecule has 2 unspecified atom stereocenters. The molecule has 1 N–H and O–H groups in total. The molecule has 1 aliphatic heterocycles. The third kappa shape index (κ3) is 4.62. The lowest BCUT2D eigenvalue weighted by atomic mass is 10.1. The van der Waals surface area contributed by atoms with Crippen LogP contribution in [0.25, 0.3) is 0 Å². The summed E-state index contributed by atoms with van der Waals surface area (Å²) in [6.07, 6.45) is 2.17. The Morgan fingerprint density at radius 1 is 1.35 bits per heavy atom. The molecule has 0 saturated carbocycles. The molecule has 1 fully saturated rings. The Hall–Kier alpha value is -0.840. The van der Waals surface area contributed by atoms with Crippen molar-refractivity contribution in [1.82, 2.24) is 10.2 Å². The Kier molecular flexibility index (Phi) is 4.89. The van der Waals surface area contributed by atoms with Crippen molar-refractivity contribution < 1.29 is 9.15 Å². The molecule has 0 aliphatic carbocycles. The van der Waals surface area contributed by atoms with E-state index in [1.165, 1.54) is 5.56 Å². The molecule has 1 aromatic rings. The quantitative estimate of drug-likeness (QED) is 0.920. The zero-order chi connectivity index (χ0) is 14.8. The molecule has 4 nitrogen and oxygen atoms in total. The van der Waals surface area contributed by atoms with Gasteiger partial charge in [0.05, 0.1) is 25.5 Å². The molecule has 2 heterocycles. The summed E-state index contributed by atoms with van der Waals surface area (Å²) < 4.78 is 11.4. The van der Waals surface area contributed by atoms with Crippen LogP contribution in [0, 0.1) is 0 Å². The van der Waals surface area contributed by atoms with Crippen molar-refractivity contribution in [3.05, 3.63) is 23.7 Å². The highest BCUT2D eigenvalue weighted by atomic mass is 16.5. The van der Waals surface area contributed by atoms with Crippen LogP contribution in [-0.2, 0) is 17.8 Å². The van der Waals surface area contributed by atoms with Crippen LogP contribution in [-0.4, -0.2) is 35.7 Å². The molecule has 2 rings (SSSR count). The summed E-state index contributed by atoms with van der Waals surface area (Å²) in [4.78, 5) is 2.42. The average Bonchev–Trinajstić information content (AvgIpc) is 2.78. The van der Waals surface area contributed by atoms with Gasteiger partial charge in [0.2, 0.25) is 0 Å². The standard InChI is InChI=1S/C16H28N2O2/c1-12-10-19-13(2)8-18(12)9-15-6-14(11-20-15)7-17-16(3,4)5/h6,11-13,17H,7-10H2,1-5H3. The van der Waals surface area contributed by atoms with Gasteiger partial charge in [-0.15, -0.1) is 0 Å². The van der Waals surface area contributed by atoms with Gasteiger partial charge < -0.3 is 14.5 Å². The number of rotatable bonds is 4. The van der Waals surface area contributed by atoms with Crippen LogP contribution in [0.4, 0.5) is 0 Å². The second kappa shape index (κ2) is 6.29. The van der Waals surface area contributed by atoms with Crippen molar-refractivity contribution in [2.45, 2.75) is 65.4 Å². The van der Waals surface area contributed by atoms with Crippen molar-refractivity contribution in [2.24, 2.45) is 0 Å². The van der Waals surface area contributed by atoms with Gasteiger partial charge in [-0.1, -0.05) is 0 Å². The highest BCUT2D eigenvalue weighted by molar-refractivity contribution is 5.13. The molecule has 0 amide bonds. The van der Waals surface area contributed by atoms with Gasteiger partial charge >= 0.3 is 0 Å². The van der Waals surface area contributed by atoms with Gasteiger partial charge in [0, 0.05) is 30.2 Å². The molecule has 114 valence electrons. The van der Waals surface area contributed by atoms with E-state index in [1.807, 2.05) is 6.26 Å². The minimum atomic E-state index is 0.131. The van der Waals surface area contributed by atoms with Crippen molar-refractivity contribution >= 4 is 0 Å². The fraction of sp³-hybridized carbons (Fsp3) is 0.750. The van der Waals surface area contributed by atoms with E-state index in [1.54, 1.807) is 0 Å². The van der Waals surface area contributed by atoms with Crippen molar-refractivity contribution in [2.75, 3.05) is 13.2 Å². The topological polar surface area (TPSA) is 37.6 Å². The lowest BCUT2D eigenvalue weighted by Gasteiger charge is -2.36. The van der Waals surface area contributed by atoms with Crippen LogP contribution in [0.5, 0.6) is 0 Å². The molecule has 0 spiro atoms. The first kappa shape index (κ1) is 15.5. The third-order valence-electron chi connectivity index (χ3n) is 3.63. The summed E-state index contributed by atoms with van der Waals surface area (Å²) in [7, 11) is 0. The second-order valence-corrected chi connectivity index (χ2v) is 6.95. The summed E-state index contributed by atoms with van der Waals surface area (Å²) in [5, 5.41) is 3.48. The minimum Gasteiger partial charge on any atom is -0.468 e. The van der Waals surface area contributed by atoms with Crippen molar-refractivity contribution in [1.29, 1.82) is 0 Å². The number of nitrogens with zero attached hydrogens (tertiary/aromatic N) is 1. The van der Waals surface area contributed by atoms with E-state index in [-0.39, 0.29) is 5.54 Å². The van der Waals surface area contributed by atoms with Crippen LogP contribution in [0.15, 0.2) is 16.7 Å². The zero-order valence-electron chi connectivity index (χ0n) is 13.4. The van der Waals surface area contributed by atoms with Crippen LogP contribution in [0.2, 0.25) is 0 Å². The first-order valence-electron chi connectivity index (χ1n) is 7.50. The van der Waals surface area contributed by atoms with Crippen molar-refractivity contribution in [3.63, 3.8) is 0 Å². The SMILES string of the molecule is CC1CN(Cc2cc(CNC(C)(C)C)co2)C(C)CO1. The molecule has 20 heavy (non-hydrogen) atoms. The maximum atomic E-state index is 5.69. The lowest BCUT2D eigenvalue weighted by molar-refractivity contribution is -0.0545. The molecule has 1 aliphatic rings. The zero-order valence-corrected chi connectivity index (χ0v) is 13.4. The Labute approximate surface area is 122 Å². The van der Waals surface area contributed by atoms with Gasteiger partial charge in [-0.2, -0.15) is 0 Å². The summed E-state index contributed by atoms with van der Waals surface area (Å²) in [6, 6.07) is 2.61. The molecular formula is C16H28N2O2. The Morgan fingerprint density at radius 3 is 2.80 bits per heavy atom. The smallest absolute Gasteiger partial charge is 0.118 e. The molecule has 2 atom stereocenters. The van der Waals surface area contributed by atoms with E-state index >= 15 is 0 Å². The van der Waals surface area contributed by atoms with E-state index in [0.717, 1.165) is 32.0 Å². The number of hydrogen-bond acceptors (Lipinski definition) is 4. The van der Waals surface area contributed by atoms with Gasteiger partial charge in [-0.05, 0) is 40.7 Å². The number of nitrogens with one attached hydrogen (secondary N) is 1. The van der Waals surface area contributed by atoms with Crippen LogP contribution in [0.3, 0.4) is 0 Å². The monoisotopic (exact) mass is 280 g/mol. The van der Waals surface area contributed by atoms with Gasteiger partial charge in [0.1, 0.15) is 5.76 Å². The fourth-order valence-corrected chi connectivity index (χ4v) is 2.36. The summed E-state index contributed by atoms with van der Waals surface area (Å²) in [5.74, 6) is 1.04. The molecule has 1 aromatic heterocycles. The third-order valence-corrected chi connectivity index (χ3v) is 3.63. The molecule has 0 radical (unpaired) electrons. The highest BCUT2D eigenvalue weighted by Crippen LogP contribution is 2.17. The summed E-state index contributed by atoms with van der Waals surface area (Å²) in [5.41, 5.74) is 1.34. The van der Waals surface area contributed by atoms with E-state index < -0.39 is 0 Å². The maximum Gasteiger partial charge on any atom is 0.118 e. The van der Waals surface area contributed by atoms with Gasteiger partial charge in [0.15, 0.2) is 0 Å². The summed E-state index contributed by atoms with van der Waals surface area (Å²) in [6.45, 7) is 14.3. The predicted octanol–water partition coefficient (Wildman–Crippen LogP) is 2.78. The van der Waals surface area contributed by atoms with E-state index in [4.69, 9.17) is 9.15 Å². The number of hydrogen-bond donors (Lipinski definition) is 1. The Morgan fingerprint density at radius 2 is 2.10 bits per heavy atom. The molecule has 0 bridgehead atoms. The van der Waals surface area contributed by atoms with Crippen molar-refractivity contribution in [3.8, 4) is 0 Å². The predicted molar refractivity (Wildman–Crippen MR) is 80.6 cm³/mol. The molecule has 1 saturated heterocycles.